The maximum absolute atomic E-state index is 13.0. The van der Waals surface area contributed by atoms with Gasteiger partial charge in [0, 0.05) is 12.8 Å². The number of hydrogen-bond acceptors (Lipinski definition) is 3. The van der Waals surface area contributed by atoms with E-state index in [-0.39, 0.29) is 30.6 Å². The van der Waals surface area contributed by atoms with Gasteiger partial charge in [0.15, 0.2) is 0 Å². The van der Waals surface area contributed by atoms with Gasteiger partial charge in [0.05, 0.1) is 5.69 Å². The van der Waals surface area contributed by atoms with Gasteiger partial charge in [0.1, 0.15) is 0 Å². The largest absolute Gasteiger partial charge is 0.296 e. The van der Waals surface area contributed by atoms with Crippen LogP contribution in [-0.4, -0.2) is 17.8 Å². The average Bonchev–Trinajstić information content (AvgIpc) is 2.78. The van der Waals surface area contributed by atoms with Gasteiger partial charge >= 0.3 is 0 Å². The first kappa shape index (κ1) is 21.0. The highest BCUT2D eigenvalue weighted by molar-refractivity contribution is 6.18. The minimum atomic E-state index is -0.291. The fraction of sp³-hybridized carbons (Fsp3) is 0.160. The number of aryl methyl sites for hydroxylation is 2. The maximum Gasteiger partial charge on any atom is 0.234 e. The van der Waals surface area contributed by atoms with Crippen LogP contribution in [0.15, 0.2) is 91.0 Å². The predicted molar refractivity (Wildman–Crippen MR) is 119 cm³/mol. The van der Waals surface area contributed by atoms with Crippen LogP contribution in [0.2, 0.25) is 0 Å². The lowest BCUT2D eigenvalue weighted by atomic mass is 10.1. The van der Waals surface area contributed by atoms with Crippen LogP contribution in [0, 0.1) is 5.41 Å². The highest BCUT2D eigenvalue weighted by Crippen LogP contribution is 2.16. The molecule has 0 bridgehead atoms. The molecule has 3 rings (SSSR count). The van der Waals surface area contributed by atoms with Crippen molar-refractivity contribution in [1.29, 1.82) is 5.41 Å². The molecule has 0 fully saturated rings. The highest BCUT2D eigenvalue weighted by atomic mass is 16.2. The first-order valence-corrected chi connectivity index (χ1v) is 9.98. The number of hydrogen-bond donors (Lipinski definition) is 2. The molecule has 2 amide bonds. The molecule has 152 valence electrons. The Balaban J connectivity index is 1.64. The van der Waals surface area contributed by atoms with Crippen molar-refractivity contribution in [2.45, 2.75) is 25.7 Å². The average molecular weight is 399 g/mol. The Morgan fingerprint density at radius 3 is 1.70 bits per heavy atom. The molecule has 0 radical (unpaired) electrons. The Labute approximate surface area is 176 Å². The molecule has 30 heavy (non-hydrogen) atoms. The zero-order valence-electron chi connectivity index (χ0n) is 16.8. The van der Waals surface area contributed by atoms with Crippen molar-refractivity contribution in [2.24, 2.45) is 0 Å². The van der Waals surface area contributed by atoms with Gasteiger partial charge in [-0.15, -0.1) is 0 Å². The number of carbonyl (C=O) groups is 2. The molecular formula is C25H25N3O2. The Morgan fingerprint density at radius 2 is 1.17 bits per heavy atom. The first-order valence-electron chi connectivity index (χ1n) is 9.98. The normalized spacial score (nSPS) is 10.3. The summed E-state index contributed by atoms with van der Waals surface area (Å²) in [4.78, 5) is 26.6. The van der Waals surface area contributed by atoms with Crippen molar-refractivity contribution < 1.29 is 9.59 Å². The number of nitrogens with one attached hydrogen (secondary N) is 2. The lowest BCUT2D eigenvalue weighted by Gasteiger charge is -2.23. The van der Waals surface area contributed by atoms with E-state index in [2.05, 4.69) is 5.32 Å². The number of guanidine groups is 1. The summed E-state index contributed by atoms with van der Waals surface area (Å²) < 4.78 is 0. The Morgan fingerprint density at radius 1 is 0.700 bits per heavy atom. The summed E-state index contributed by atoms with van der Waals surface area (Å²) in [6, 6.07) is 28.4. The van der Waals surface area contributed by atoms with Crippen molar-refractivity contribution in [3.05, 3.63) is 102 Å². The molecule has 0 spiro atoms. The summed E-state index contributed by atoms with van der Waals surface area (Å²) in [5.41, 5.74) is 2.67. The van der Waals surface area contributed by atoms with Gasteiger partial charge in [0.25, 0.3) is 0 Å². The molecule has 2 N–H and O–H groups in total. The van der Waals surface area contributed by atoms with E-state index in [4.69, 9.17) is 5.41 Å². The molecule has 5 nitrogen and oxygen atoms in total. The number of benzene rings is 3. The molecule has 0 unspecified atom stereocenters. The fourth-order valence-electron chi connectivity index (χ4n) is 3.14. The van der Waals surface area contributed by atoms with Crippen LogP contribution >= 0.6 is 0 Å². The minimum absolute atomic E-state index is 0.225. The van der Waals surface area contributed by atoms with Gasteiger partial charge in [0.2, 0.25) is 17.8 Å². The molecule has 5 heteroatoms. The van der Waals surface area contributed by atoms with Crippen molar-refractivity contribution in [3.63, 3.8) is 0 Å². The van der Waals surface area contributed by atoms with Crippen LogP contribution in [0.25, 0.3) is 0 Å². The van der Waals surface area contributed by atoms with Crippen LogP contribution in [0.5, 0.6) is 0 Å². The summed E-state index contributed by atoms with van der Waals surface area (Å²) >= 11 is 0. The second-order valence-electron chi connectivity index (χ2n) is 6.93. The van der Waals surface area contributed by atoms with E-state index in [0.717, 1.165) is 11.1 Å². The summed E-state index contributed by atoms with van der Waals surface area (Å²) in [7, 11) is 0. The van der Waals surface area contributed by atoms with Crippen molar-refractivity contribution in [2.75, 3.05) is 4.90 Å². The smallest absolute Gasteiger partial charge is 0.234 e. The van der Waals surface area contributed by atoms with Crippen LogP contribution < -0.4 is 10.2 Å². The molecule has 0 aliphatic rings. The van der Waals surface area contributed by atoms with Gasteiger partial charge in [-0.05, 0) is 36.1 Å². The van der Waals surface area contributed by atoms with E-state index >= 15 is 0 Å². The number of anilines is 1. The zero-order chi connectivity index (χ0) is 21.2. The molecule has 0 heterocycles. The lowest BCUT2D eigenvalue weighted by molar-refractivity contribution is -0.119. The summed E-state index contributed by atoms with van der Waals surface area (Å²) in [5.74, 6) is -0.753. The van der Waals surface area contributed by atoms with Gasteiger partial charge < -0.3 is 0 Å². The van der Waals surface area contributed by atoms with Crippen LogP contribution in [-0.2, 0) is 22.4 Å². The van der Waals surface area contributed by atoms with Crippen LogP contribution in [0.3, 0.4) is 0 Å². The van der Waals surface area contributed by atoms with E-state index in [1.807, 2.05) is 66.7 Å². The number of carbonyl (C=O) groups excluding carboxylic acids is 2. The SMILES string of the molecule is N=C(NC(=O)CCc1ccccc1)N(C(=O)CCc1ccccc1)c1ccccc1. The number of rotatable bonds is 7. The van der Waals surface area contributed by atoms with E-state index in [1.165, 1.54) is 4.90 Å². The zero-order valence-corrected chi connectivity index (χ0v) is 16.8. The number of para-hydroxylation sites is 1. The third kappa shape index (κ3) is 6.14. The molecule has 0 aromatic heterocycles. The Bertz CT molecular complexity index is 973. The molecule has 0 aliphatic heterocycles. The lowest BCUT2D eigenvalue weighted by Crippen LogP contribution is -2.47. The summed E-state index contributed by atoms with van der Waals surface area (Å²) in [5, 5.41) is 11.0. The number of nitrogens with zero attached hydrogens (tertiary/aromatic N) is 1. The van der Waals surface area contributed by atoms with Gasteiger partial charge in [-0.2, -0.15) is 0 Å². The predicted octanol–water partition coefficient (Wildman–Crippen LogP) is 4.34. The van der Waals surface area contributed by atoms with E-state index in [0.29, 0.717) is 18.5 Å². The molecule has 0 atom stereocenters. The monoisotopic (exact) mass is 399 g/mol. The molecule has 0 saturated heterocycles. The fourth-order valence-corrected chi connectivity index (χ4v) is 3.14. The molecule has 3 aromatic carbocycles. The van der Waals surface area contributed by atoms with Crippen LogP contribution in [0.1, 0.15) is 24.0 Å². The van der Waals surface area contributed by atoms with Crippen molar-refractivity contribution >= 4 is 23.5 Å². The maximum atomic E-state index is 13.0. The standard InChI is InChI=1S/C25H25N3O2/c26-25(27-23(29)18-16-20-10-4-1-5-11-20)28(22-14-8-3-9-15-22)24(30)19-17-21-12-6-2-7-13-21/h1-15H,16-19H2,(H2,26,27,29). The minimum Gasteiger partial charge on any atom is -0.296 e. The second kappa shape index (κ2) is 10.7. The van der Waals surface area contributed by atoms with Gasteiger partial charge in [-0.1, -0.05) is 78.9 Å². The molecule has 0 saturated carbocycles. The highest BCUT2D eigenvalue weighted by Gasteiger charge is 2.22. The number of amides is 2. The van der Waals surface area contributed by atoms with Crippen molar-refractivity contribution in [3.8, 4) is 0 Å². The molecule has 0 aliphatic carbocycles. The molecule has 3 aromatic rings. The van der Waals surface area contributed by atoms with Gasteiger partial charge in [-0.3, -0.25) is 25.2 Å². The third-order valence-corrected chi connectivity index (χ3v) is 4.70. The quantitative estimate of drug-likeness (QED) is 0.458. The summed E-state index contributed by atoms with van der Waals surface area (Å²) in [6.07, 6.45) is 1.62. The van der Waals surface area contributed by atoms with E-state index < -0.39 is 0 Å². The van der Waals surface area contributed by atoms with E-state index in [9.17, 15) is 9.59 Å². The molecular weight excluding hydrogens is 374 g/mol. The Kier molecular flexibility index (Phi) is 7.50. The third-order valence-electron chi connectivity index (χ3n) is 4.70. The van der Waals surface area contributed by atoms with Crippen molar-refractivity contribution in [1.82, 2.24) is 5.32 Å². The van der Waals surface area contributed by atoms with E-state index in [1.54, 1.807) is 24.3 Å². The topological polar surface area (TPSA) is 73.3 Å². The first-order chi connectivity index (χ1) is 14.6. The van der Waals surface area contributed by atoms with Crippen LogP contribution in [0.4, 0.5) is 5.69 Å². The second-order valence-corrected chi connectivity index (χ2v) is 6.93. The van der Waals surface area contributed by atoms with Gasteiger partial charge in [-0.25, -0.2) is 0 Å². The summed E-state index contributed by atoms with van der Waals surface area (Å²) in [6.45, 7) is 0. The Hall–Kier alpha value is -3.73.